The average Bonchev–Trinajstić information content (AvgIpc) is 2.78. The summed E-state index contributed by atoms with van der Waals surface area (Å²) in [6.45, 7) is 4.99. The number of nitrogens with zero attached hydrogens (tertiary/aromatic N) is 4. The van der Waals surface area contributed by atoms with Crippen molar-refractivity contribution in [1.82, 2.24) is 9.97 Å². The van der Waals surface area contributed by atoms with Crippen LogP contribution in [0.2, 0.25) is 0 Å². The summed E-state index contributed by atoms with van der Waals surface area (Å²) in [5, 5.41) is 11.1. The van der Waals surface area contributed by atoms with Crippen molar-refractivity contribution in [2.45, 2.75) is 32.6 Å². The van der Waals surface area contributed by atoms with Gasteiger partial charge in [-0.25, -0.2) is 9.97 Å². The van der Waals surface area contributed by atoms with E-state index in [1.165, 1.54) is 5.56 Å². The van der Waals surface area contributed by atoms with Crippen LogP contribution in [0.1, 0.15) is 35.2 Å². The van der Waals surface area contributed by atoms with Crippen molar-refractivity contribution in [3.63, 3.8) is 0 Å². The molecule has 1 aromatic carbocycles. The van der Waals surface area contributed by atoms with Crippen molar-refractivity contribution in [1.29, 1.82) is 5.26 Å². The Balaban J connectivity index is 1.83. The fourth-order valence-electron chi connectivity index (χ4n) is 4.64. The van der Waals surface area contributed by atoms with Crippen LogP contribution in [0.15, 0.2) is 24.3 Å². The summed E-state index contributed by atoms with van der Waals surface area (Å²) in [6, 6.07) is 10.8. The van der Waals surface area contributed by atoms with Gasteiger partial charge in [-0.1, -0.05) is 12.1 Å². The summed E-state index contributed by atoms with van der Waals surface area (Å²) < 4.78 is 5.58. The lowest BCUT2D eigenvalue weighted by molar-refractivity contribution is 0.122. The van der Waals surface area contributed by atoms with Gasteiger partial charge in [0.1, 0.15) is 23.3 Å². The summed E-state index contributed by atoms with van der Waals surface area (Å²) in [4.78, 5) is 11.9. The minimum absolute atomic E-state index is 0.324. The second-order valence-electron chi connectivity index (χ2n) is 8.15. The molecule has 1 aliphatic carbocycles. The monoisotopic (exact) mass is 399 g/mol. The first-order valence-corrected chi connectivity index (χ1v) is 10.6. The number of anilines is 2. The Kier molecular flexibility index (Phi) is 4.76. The predicted octanol–water partition coefficient (Wildman–Crippen LogP) is 3.77. The molecule has 0 spiro atoms. The van der Waals surface area contributed by atoms with Crippen LogP contribution >= 0.6 is 0 Å². The minimum atomic E-state index is 0.324. The van der Waals surface area contributed by atoms with Crippen molar-refractivity contribution in [3.8, 4) is 17.2 Å². The van der Waals surface area contributed by atoms with Crippen molar-refractivity contribution in [3.05, 3.63) is 46.6 Å². The first-order chi connectivity index (χ1) is 14.7. The number of morpholine rings is 1. The van der Waals surface area contributed by atoms with Crippen LogP contribution in [0.4, 0.5) is 11.6 Å². The van der Waals surface area contributed by atoms with Gasteiger partial charge in [-0.3, -0.25) is 0 Å². The topological polar surface area (TPSA) is 88.1 Å². The lowest BCUT2D eigenvalue weighted by atomic mass is 9.86. The number of nitrogen functional groups attached to an aromatic ring is 1. The van der Waals surface area contributed by atoms with Gasteiger partial charge in [0.05, 0.1) is 18.7 Å². The molecule has 0 atom stereocenters. The minimum Gasteiger partial charge on any atom is -0.383 e. The molecule has 0 bridgehead atoms. The first-order valence-electron chi connectivity index (χ1n) is 10.6. The zero-order chi connectivity index (χ0) is 20.7. The molecule has 0 unspecified atom stereocenters. The quantitative estimate of drug-likeness (QED) is 0.706. The van der Waals surface area contributed by atoms with Crippen LogP contribution in [0.5, 0.6) is 0 Å². The van der Waals surface area contributed by atoms with Crippen LogP contribution in [0.3, 0.4) is 0 Å². The van der Waals surface area contributed by atoms with E-state index in [4.69, 9.17) is 15.5 Å². The number of benzene rings is 1. The standard InChI is InChI=1S/C24H25N5O/c1-15-6-7-16-13-18(24(28-21(16)12-15)29-8-10-30-11-9-29)22-17-4-2-3-5-20(17)27-23(26)19(22)14-25/h6-7,12-13H,2-5,8-11H2,1H3,(H2,26,27). The summed E-state index contributed by atoms with van der Waals surface area (Å²) in [6.07, 6.45) is 4.03. The first kappa shape index (κ1) is 18.8. The van der Waals surface area contributed by atoms with E-state index in [0.717, 1.165) is 77.9 Å². The van der Waals surface area contributed by atoms with Crippen molar-refractivity contribution in [2.24, 2.45) is 0 Å². The second kappa shape index (κ2) is 7.58. The Hall–Kier alpha value is -3.17. The number of pyridine rings is 2. The van der Waals surface area contributed by atoms with Gasteiger partial charge in [0.15, 0.2) is 0 Å². The van der Waals surface area contributed by atoms with E-state index in [1.54, 1.807) is 0 Å². The molecule has 3 heterocycles. The van der Waals surface area contributed by atoms with Crippen molar-refractivity contribution in [2.75, 3.05) is 36.9 Å². The number of hydrogen-bond donors (Lipinski definition) is 1. The van der Waals surface area contributed by atoms with E-state index < -0.39 is 0 Å². The zero-order valence-electron chi connectivity index (χ0n) is 17.2. The normalized spacial score (nSPS) is 16.3. The molecule has 6 nitrogen and oxygen atoms in total. The molecule has 30 heavy (non-hydrogen) atoms. The predicted molar refractivity (Wildman–Crippen MR) is 119 cm³/mol. The number of aryl methyl sites for hydroxylation is 2. The number of fused-ring (bicyclic) bond motifs is 2. The maximum Gasteiger partial charge on any atom is 0.142 e. The summed E-state index contributed by atoms with van der Waals surface area (Å²) in [5.74, 6) is 1.23. The molecule has 1 fully saturated rings. The third-order valence-corrected chi connectivity index (χ3v) is 6.15. The zero-order valence-corrected chi connectivity index (χ0v) is 17.2. The molecule has 152 valence electrons. The number of aromatic nitrogens is 2. The average molecular weight is 399 g/mol. The molecule has 2 N–H and O–H groups in total. The van der Waals surface area contributed by atoms with Crippen LogP contribution in [-0.4, -0.2) is 36.3 Å². The van der Waals surface area contributed by atoms with E-state index >= 15 is 0 Å². The number of ether oxygens (including phenoxy) is 1. The third-order valence-electron chi connectivity index (χ3n) is 6.15. The van der Waals surface area contributed by atoms with Crippen LogP contribution in [-0.2, 0) is 17.6 Å². The van der Waals surface area contributed by atoms with E-state index in [9.17, 15) is 5.26 Å². The highest BCUT2D eigenvalue weighted by Crippen LogP contribution is 2.41. The van der Waals surface area contributed by atoms with Crippen LogP contribution < -0.4 is 10.6 Å². The molecule has 0 radical (unpaired) electrons. The second-order valence-corrected chi connectivity index (χ2v) is 8.15. The van der Waals surface area contributed by atoms with Gasteiger partial charge in [0.25, 0.3) is 0 Å². The van der Waals surface area contributed by atoms with E-state index in [0.29, 0.717) is 24.6 Å². The fourth-order valence-corrected chi connectivity index (χ4v) is 4.64. The molecule has 6 heteroatoms. The van der Waals surface area contributed by atoms with E-state index in [1.807, 2.05) is 0 Å². The van der Waals surface area contributed by atoms with Crippen LogP contribution in [0.25, 0.3) is 22.0 Å². The third kappa shape index (κ3) is 3.16. The van der Waals surface area contributed by atoms with Gasteiger partial charge >= 0.3 is 0 Å². The smallest absolute Gasteiger partial charge is 0.142 e. The molecule has 0 saturated carbocycles. The van der Waals surface area contributed by atoms with Gasteiger partial charge in [0, 0.05) is 35.3 Å². The molecule has 1 saturated heterocycles. The Morgan fingerprint density at radius 2 is 1.90 bits per heavy atom. The highest BCUT2D eigenvalue weighted by atomic mass is 16.5. The van der Waals surface area contributed by atoms with Gasteiger partial charge in [-0.05, 0) is 55.9 Å². The van der Waals surface area contributed by atoms with E-state index in [-0.39, 0.29) is 0 Å². The van der Waals surface area contributed by atoms with Gasteiger partial charge in [-0.15, -0.1) is 0 Å². The SMILES string of the molecule is Cc1ccc2cc(-c3c(C#N)c(N)nc4c3CCCC4)c(N3CCOCC3)nc2c1. The number of hydrogen-bond acceptors (Lipinski definition) is 6. The molecule has 1 aliphatic heterocycles. The molecular formula is C24H25N5O. The van der Waals surface area contributed by atoms with Gasteiger partial charge < -0.3 is 15.4 Å². The maximum atomic E-state index is 9.99. The Morgan fingerprint density at radius 1 is 1.10 bits per heavy atom. The van der Waals surface area contributed by atoms with E-state index in [2.05, 4.69) is 47.1 Å². The van der Waals surface area contributed by atoms with Crippen molar-refractivity contribution >= 4 is 22.5 Å². The number of rotatable bonds is 2. The Morgan fingerprint density at radius 3 is 2.70 bits per heavy atom. The van der Waals surface area contributed by atoms with Gasteiger partial charge in [0.2, 0.25) is 0 Å². The van der Waals surface area contributed by atoms with Gasteiger partial charge in [-0.2, -0.15) is 5.26 Å². The number of nitriles is 1. The lowest BCUT2D eigenvalue weighted by Gasteiger charge is -2.31. The Bertz CT molecular complexity index is 1170. The highest BCUT2D eigenvalue weighted by molar-refractivity contribution is 5.93. The molecular weight excluding hydrogens is 374 g/mol. The molecule has 5 rings (SSSR count). The largest absolute Gasteiger partial charge is 0.383 e. The molecule has 2 aliphatic rings. The highest BCUT2D eigenvalue weighted by Gasteiger charge is 2.26. The maximum absolute atomic E-state index is 9.99. The van der Waals surface area contributed by atoms with Crippen molar-refractivity contribution < 1.29 is 4.74 Å². The summed E-state index contributed by atoms with van der Waals surface area (Å²) in [5.41, 5.74) is 13.0. The number of nitrogens with two attached hydrogens (primary N) is 1. The molecule has 3 aromatic rings. The fraction of sp³-hybridized carbons (Fsp3) is 0.375. The molecule has 2 aromatic heterocycles. The lowest BCUT2D eigenvalue weighted by Crippen LogP contribution is -2.37. The molecule has 0 amide bonds. The Labute approximate surface area is 176 Å². The summed E-state index contributed by atoms with van der Waals surface area (Å²) >= 11 is 0. The van der Waals surface area contributed by atoms with Crippen LogP contribution in [0, 0.1) is 18.3 Å². The summed E-state index contributed by atoms with van der Waals surface area (Å²) in [7, 11) is 0.